The number of benzene rings is 2. The van der Waals surface area contributed by atoms with Gasteiger partial charge in [0.15, 0.2) is 0 Å². The Morgan fingerprint density at radius 1 is 1.18 bits per heavy atom. The number of ether oxygens (including phenoxy) is 1. The Hall–Kier alpha value is -3.20. The Labute approximate surface area is 195 Å². The van der Waals surface area contributed by atoms with E-state index in [2.05, 4.69) is 10.2 Å². The highest BCUT2D eigenvalue weighted by atomic mass is 19.4. The van der Waals surface area contributed by atoms with E-state index in [0.717, 1.165) is 11.4 Å². The summed E-state index contributed by atoms with van der Waals surface area (Å²) in [6, 6.07) is 10.2. The number of anilines is 1. The standard InChI is InChI=1S/C25H25F3N4O2/c1-15(2)16-7-19-20(21(8-16)25(26,27)28)11-32(23(19)33)18-6-4-5-17(9-18)24(12-34-13-24)10-22-30-29-14-31(22)3/h4-9,14-15H,10-13H2,1-3H3. The van der Waals surface area contributed by atoms with Crippen molar-refractivity contribution in [3.8, 4) is 0 Å². The van der Waals surface area contributed by atoms with E-state index in [1.165, 1.54) is 11.0 Å². The maximum atomic E-state index is 13.9. The number of carbonyl (C=O) groups is 1. The van der Waals surface area contributed by atoms with Gasteiger partial charge in [-0.05, 0) is 46.9 Å². The van der Waals surface area contributed by atoms with Gasteiger partial charge in [-0.2, -0.15) is 13.2 Å². The molecular weight excluding hydrogens is 445 g/mol. The van der Waals surface area contributed by atoms with Crippen LogP contribution in [0.2, 0.25) is 0 Å². The first kappa shape index (κ1) is 22.6. The maximum Gasteiger partial charge on any atom is 0.416 e. The van der Waals surface area contributed by atoms with E-state index in [-0.39, 0.29) is 29.0 Å². The molecule has 0 aliphatic carbocycles. The van der Waals surface area contributed by atoms with Gasteiger partial charge in [0.25, 0.3) is 5.91 Å². The summed E-state index contributed by atoms with van der Waals surface area (Å²) >= 11 is 0. The number of aryl methyl sites for hydroxylation is 1. The molecule has 3 aromatic rings. The minimum absolute atomic E-state index is 0.0353. The number of nitrogens with zero attached hydrogens (tertiary/aromatic N) is 4. The molecule has 178 valence electrons. The van der Waals surface area contributed by atoms with Crippen LogP contribution in [-0.4, -0.2) is 33.9 Å². The third-order valence-electron chi connectivity index (χ3n) is 6.86. The quantitative estimate of drug-likeness (QED) is 0.546. The summed E-state index contributed by atoms with van der Waals surface area (Å²) in [5, 5.41) is 8.13. The predicted octanol–water partition coefficient (Wildman–Crippen LogP) is 4.63. The van der Waals surface area contributed by atoms with Gasteiger partial charge in [0, 0.05) is 30.1 Å². The zero-order valence-corrected chi connectivity index (χ0v) is 19.2. The van der Waals surface area contributed by atoms with E-state index in [4.69, 9.17) is 4.74 Å². The molecule has 3 heterocycles. The van der Waals surface area contributed by atoms with E-state index < -0.39 is 17.6 Å². The molecule has 0 saturated carbocycles. The molecule has 1 amide bonds. The van der Waals surface area contributed by atoms with Crippen LogP contribution in [0.15, 0.2) is 42.7 Å². The van der Waals surface area contributed by atoms with Crippen molar-refractivity contribution in [2.45, 2.75) is 44.3 Å². The third-order valence-corrected chi connectivity index (χ3v) is 6.86. The SMILES string of the molecule is CC(C)c1cc2c(c(C(F)(F)F)c1)CN(c1cccc(C3(Cc4nncn4C)COC3)c1)C2=O. The second-order valence-corrected chi connectivity index (χ2v) is 9.50. The lowest BCUT2D eigenvalue weighted by molar-refractivity contribution is -0.138. The van der Waals surface area contributed by atoms with Crippen LogP contribution in [0.25, 0.3) is 0 Å². The van der Waals surface area contributed by atoms with Gasteiger partial charge in [-0.1, -0.05) is 26.0 Å². The molecule has 0 N–H and O–H groups in total. The number of carbonyl (C=O) groups excluding carboxylic acids is 1. The highest BCUT2D eigenvalue weighted by Crippen LogP contribution is 2.42. The van der Waals surface area contributed by atoms with Gasteiger partial charge in [0.1, 0.15) is 12.2 Å². The van der Waals surface area contributed by atoms with Gasteiger partial charge in [-0.25, -0.2) is 0 Å². The molecule has 0 bridgehead atoms. The number of aromatic nitrogens is 3. The molecule has 2 aromatic carbocycles. The highest BCUT2D eigenvalue weighted by molar-refractivity contribution is 6.10. The first-order valence-corrected chi connectivity index (χ1v) is 11.2. The van der Waals surface area contributed by atoms with Crippen molar-refractivity contribution in [1.29, 1.82) is 0 Å². The second kappa shape index (κ2) is 7.94. The molecular formula is C25H25F3N4O2. The zero-order chi connectivity index (χ0) is 24.3. The summed E-state index contributed by atoms with van der Waals surface area (Å²) in [5.41, 5.74) is 1.15. The Kier molecular flexibility index (Phi) is 5.27. The fourth-order valence-electron chi connectivity index (χ4n) is 4.72. The summed E-state index contributed by atoms with van der Waals surface area (Å²) in [6.45, 7) is 4.51. The topological polar surface area (TPSA) is 60.3 Å². The van der Waals surface area contributed by atoms with Gasteiger partial charge in [0.05, 0.1) is 25.3 Å². The summed E-state index contributed by atoms with van der Waals surface area (Å²) in [6.07, 6.45) is -2.28. The molecule has 0 unspecified atom stereocenters. The molecule has 5 rings (SSSR count). The number of rotatable bonds is 5. The molecule has 0 radical (unpaired) electrons. The number of hydrogen-bond acceptors (Lipinski definition) is 4. The molecule has 6 nitrogen and oxygen atoms in total. The van der Waals surface area contributed by atoms with Crippen LogP contribution in [0.4, 0.5) is 18.9 Å². The first-order valence-electron chi connectivity index (χ1n) is 11.2. The lowest BCUT2D eigenvalue weighted by Gasteiger charge is -2.42. The van der Waals surface area contributed by atoms with Gasteiger partial charge >= 0.3 is 6.18 Å². The van der Waals surface area contributed by atoms with Crippen LogP contribution < -0.4 is 4.90 Å². The largest absolute Gasteiger partial charge is 0.416 e. The van der Waals surface area contributed by atoms with Crippen molar-refractivity contribution in [2.75, 3.05) is 18.1 Å². The zero-order valence-electron chi connectivity index (χ0n) is 19.2. The molecule has 2 aliphatic rings. The van der Waals surface area contributed by atoms with E-state index in [1.54, 1.807) is 18.5 Å². The van der Waals surface area contributed by atoms with Crippen LogP contribution in [0.1, 0.15) is 58.2 Å². The fourth-order valence-corrected chi connectivity index (χ4v) is 4.72. The van der Waals surface area contributed by atoms with Crippen molar-refractivity contribution >= 4 is 11.6 Å². The normalized spacial score (nSPS) is 17.3. The van der Waals surface area contributed by atoms with Crippen molar-refractivity contribution < 1.29 is 22.7 Å². The minimum atomic E-state index is -4.53. The summed E-state index contributed by atoms with van der Waals surface area (Å²) in [4.78, 5) is 14.7. The van der Waals surface area contributed by atoms with E-state index in [9.17, 15) is 18.0 Å². The molecule has 9 heteroatoms. The molecule has 1 fully saturated rings. The number of hydrogen-bond donors (Lipinski definition) is 0. The van der Waals surface area contributed by atoms with Gasteiger partial charge in [-0.3, -0.25) is 4.79 Å². The Bertz CT molecular complexity index is 1260. The average molecular weight is 470 g/mol. The van der Waals surface area contributed by atoms with E-state index in [1.807, 2.05) is 43.7 Å². The maximum absolute atomic E-state index is 13.9. The van der Waals surface area contributed by atoms with Gasteiger partial charge in [0.2, 0.25) is 0 Å². The summed E-state index contributed by atoms with van der Waals surface area (Å²) in [5.74, 6) is 0.275. The molecule has 0 atom stereocenters. The van der Waals surface area contributed by atoms with E-state index in [0.29, 0.717) is 30.9 Å². The van der Waals surface area contributed by atoms with Crippen LogP contribution >= 0.6 is 0 Å². The van der Waals surface area contributed by atoms with Crippen LogP contribution in [0.3, 0.4) is 0 Å². The minimum Gasteiger partial charge on any atom is -0.379 e. The van der Waals surface area contributed by atoms with Gasteiger partial charge < -0.3 is 14.2 Å². The predicted molar refractivity (Wildman–Crippen MR) is 120 cm³/mol. The summed E-state index contributed by atoms with van der Waals surface area (Å²) in [7, 11) is 1.88. The molecule has 34 heavy (non-hydrogen) atoms. The number of halogens is 3. The van der Waals surface area contributed by atoms with Crippen LogP contribution in [-0.2, 0) is 36.3 Å². The monoisotopic (exact) mass is 470 g/mol. The van der Waals surface area contributed by atoms with Crippen molar-refractivity contribution in [2.24, 2.45) is 7.05 Å². The van der Waals surface area contributed by atoms with Crippen LogP contribution in [0.5, 0.6) is 0 Å². The first-order chi connectivity index (χ1) is 16.1. The second-order valence-electron chi connectivity index (χ2n) is 9.50. The smallest absolute Gasteiger partial charge is 0.379 e. The lowest BCUT2D eigenvalue weighted by atomic mass is 9.75. The number of alkyl halides is 3. The van der Waals surface area contributed by atoms with E-state index >= 15 is 0 Å². The van der Waals surface area contributed by atoms with Crippen molar-refractivity contribution in [3.63, 3.8) is 0 Å². The number of fused-ring (bicyclic) bond motifs is 1. The Morgan fingerprint density at radius 3 is 2.53 bits per heavy atom. The fraction of sp³-hybridized carbons (Fsp3) is 0.400. The third kappa shape index (κ3) is 3.68. The summed E-state index contributed by atoms with van der Waals surface area (Å²) < 4.78 is 49.0. The lowest BCUT2D eigenvalue weighted by Crippen LogP contribution is -2.49. The highest BCUT2D eigenvalue weighted by Gasteiger charge is 2.43. The average Bonchev–Trinajstić information content (AvgIpc) is 3.32. The van der Waals surface area contributed by atoms with Crippen molar-refractivity contribution in [3.05, 3.63) is 76.4 Å². The van der Waals surface area contributed by atoms with Gasteiger partial charge in [-0.15, -0.1) is 10.2 Å². The molecule has 0 spiro atoms. The molecule has 1 saturated heterocycles. The molecule has 1 aromatic heterocycles. The number of amides is 1. The van der Waals surface area contributed by atoms with Crippen LogP contribution in [0, 0.1) is 0 Å². The van der Waals surface area contributed by atoms with Crippen molar-refractivity contribution in [1.82, 2.24) is 14.8 Å². The molecule has 2 aliphatic heterocycles. The Balaban J connectivity index is 1.51. The Morgan fingerprint density at radius 2 is 1.94 bits per heavy atom.